The lowest BCUT2D eigenvalue weighted by atomic mass is 9.63. The molecule has 0 aromatic carbocycles. The molecule has 2 N–H and O–H groups in total. The van der Waals surface area contributed by atoms with Gasteiger partial charge in [0.05, 0.1) is 6.10 Å². The maximum Gasteiger partial charge on any atom is 0.109 e. The van der Waals surface area contributed by atoms with E-state index in [4.69, 9.17) is 4.42 Å². The molecule has 3 nitrogen and oxygen atoms in total. The molecule has 3 unspecified atom stereocenters. The summed E-state index contributed by atoms with van der Waals surface area (Å²) in [6, 6.07) is 2.92. The minimum Gasteiger partial charge on any atom is -0.466 e. The van der Waals surface area contributed by atoms with Crippen LogP contribution in [0.5, 0.6) is 0 Å². The highest BCUT2D eigenvalue weighted by atomic mass is 16.3. The van der Waals surface area contributed by atoms with Gasteiger partial charge in [-0.15, -0.1) is 0 Å². The van der Waals surface area contributed by atoms with E-state index in [1.165, 1.54) is 5.56 Å². The van der Waals surface area contributed by atoms with Gasteiger partial charge in [-0.3, -0.25) is 0 Å². The maximum atomic E-state index is 9.92. The number of rotatable bonds is 2. The van der Waals surface area contributed by atoms with Crippen molar-refractivity contribution >= 4 is 0 Å². The number of aliphatic hydroxyl groups is 1. The van der Waals surface area contributed by atoms with Gasteiger partial charge in [0.2, 0.25) is 0 Å². The summed E-state index contributed by atoms with van der Waals surface area (Å²) in [5.41, 5.74) is 1.57. The van der Waals surface area contributed by atoms with Crippen LogP contribution in [-0.4, -0.2) is 17.3 Å². The molecule has 112 valence electrons. The second-order valence-electron chi connectivity index (χ2n) is 8.13. The van der Waals surface area contributed by atoms with E-state index in [-0.39, 0.29) is 16.9 Å². The normalized spacial score (nSPS) is 34.4. The highest BCUT2D eigenvalue weighted by molar-refractivity contribution is 5.29. The number of aryl methyl sites for hydroxylation is 1. The van der Waals surface area contributed by atoms with Crippen LogP contribution in [0.2, 0.25) is 0 Å². The zero-order valence-corrected chi connectivity index (χ0v) is 13.3. The minimum absolute atomic E-state index is 0.0272. The molecule has 20 heavy (non-hydrogen) atoms. The molecule has 1 aromatic rings. The Balaban J connectivity index is 1.83. The third-order valence-electron chi connectivity index (χ3n) is 5.35. The monoisotopic (exact) mass is 277 g/mol. The Kier molecular flexibility index (Phi) is 3.07. The van der Waals surface area contributed by atoms with Crippen molar-refractivity contribution in [2.24, 2.45) is 10.8 Å². The molecule has 1 aromatic heterocycles. The molecule has 1 fully saturated rings. The Morgan fingerprint density at radius 3 is 2.60 bits per heavy atom. The average molecular weight is 277 g/mol. The summed E-state index contributed by atoms with van der Waals surface area (Å²) in [7, 11) is 0. The van der Waals surface area contributed by atoms with Crippen LogP contribution in [0, 0.1) is 17.8 Å². The SMILES string of the molecule is Cc1cc2c(o1)CC(C)(C)CC2NC1CC(O)C1(C)C. The number of hydrogen-bond acceptors (Lipinski definition) is 3. The zero-order chi connectivity index (χ0) is 14.7. The van der Waals surface area contributed by atoms with Gasteiger partial charge in [-0.1, -0.05) is 27.7 Å². The molecule has 3 atom stereocenters. The van der Waals surface area contributed by atoms with Crippen molar-refractivity contribution in [3.63, 3.8) is 0 Å². The quantitative estimate of drug-likeness (QED) is 0.871. The molecule has 0 saturated heterocycles. The number of aliphatic hydroxyl groups excluding tert-OH is 1. The molecule has 0 amide bonds. The summed E-state index contributed by atoms with van der Waals surface area (Å²) in [6.07, 6.45) is 2.82. The average Bonchev–Trinajstić information content (AvgIpc) is 2.67. The molecule has 0 aliphatic heterocycles. The van der Waals surface area contributed by atoms with Gasteiger partial charge in [-0.25, -0.2) is 0 Å². The number of hydrogen-bond donors (Lipinski definition) is 2. The lowest BCUT2D eigenvalue weighted by molar-refractivity contribution is -0.0779. The van der Waals surface area contributed by atoms with Crippen LogP contribution in [0.25, 0.3) is 0 Å². The Morgan fingerprint density at radius 2 is 2.00 bits per heavy atom. The summed E-state index contributed by atoms with van der Waals surface area (Å²) in [6.45, 7) is 10.9. The zero-order valence-electron chi connectivity index (χ0n) is 13.3. The van der Waals surface area contributed by atoms with Gasteiger partial charge in [-0.05, 0) is 31.2 Å². The fraction of sp³-hybridized carbons (Fsp3) is 0.765. The first-order valence-electron chi connectivity index (χ1n) is 7.72. The van der Waals surface area contributed by atoms with Crippen LogP contribution >= 0.6 is 0 Å². The fourth-order valence-corrected chi connectivity index (χ4v) is 3.76. The Hall–Kier alpha value is -0.800. The van der Waals surface area contributed by atoms with Crippen molar-refractivity contribution < 1.29 is 9.52 Å². The molecule has 0 bridgehead atoms. The topological polar surface area (TPSA) is 45.4 Å². The van der Waals surface area contributed by atoms with E-state index >= 15 is 0 Å². The molecule has 0 spiro atoms. The predicted octanol–water partition coefficient (Wildman–Crippen LogP) is 3.35. The number of nitrogens with one attached hydrogen (secondary N) is 1. The van der Waals surface area contributed by atoms with E-state index in [0.29, 0.717) is 12.1 Å². The van der Waals surface area contributed by atoms with E-state index in [9.17, 15) is 5.11 Å². The summed E-state index contributed by atoms with van der Waals surface area (Å²) in [5.74, 6) is 2.15. The molecule has 0 radical (unpaired) electrons. The third-order valence-corrected chi connectivity index (χ3v) is 5.35. The first kappa shape index (κ1) is 14.2. The first-order chi connectivity index (χ1) is 9.19. The third kappa shape index (κ3) is 2.21. The Bertz CT molecular complexity index is 515. The van der Waals surface area contributed by atoms with Crippen LogP contribution in [0.3, 0.4) is 0 Å². The lowest BCUT2D eigenvalue weighted by Crippen LogP contribution is -2.61. The minimum atomic E-state index is -0.179. The van der Waals surface area contributed by atoms with E-state index in [0.717, 1.165) is 30.8 Å². The van der Waals surface area contributed by atoms with Gasteiger partial charge in [0, 0.05) is 29.5 Å². The molecule has 2 aliphatic carbocycles. The molecule has 3 heteroatoms. The molecule has 3 rings (SSSR count). The van der Waals surface area contributed by atoms with E-state index in [2.05, 4.69) is 39.1 Å². The standard InChI is InChI=1S/C17H27NO2/c1-10-6-11-12(8-16(2,3)9-13(11)20-10)18-14-7-15(19)17(14,4)5/h6,12,14-15,18-19H,7-9H2,1-5H3. The van der Waals surface area contributed by atoms with Crippen LogP contribution in [0.15, 0.2) is 10.5 Å². The molecule has 1 saturated carbocycles. The Morgan fingerprint density at radius 1 is 1.30 bits per heavy atom. The first-order valence-corrected chi connectivity index (χ1v) is 7.72. The van der Waals surface area contributed by atoms with E-state index in [1.807, 2.05) is 6.92 Å². The smallest absolute Gasteiger partial charge is 0.109 e. The van der Waals surface area contributed by atoms with E-state index in [1.54, 1.807) is 0 Å². The van der Waals surface area contributed by atoms with Crippen molar-refractivity contribution in [2.45, 2.75) is 72.1 Å². The van der Waals surface area contributed by atoms with Crippen molar-refractivity contribution in [1.29, 1.82) is 0 Å². The van der Waals surface area contributed by atoms with Gasteiger partial charge in [0.15, 0.2) is 0 Å². The van der Waals surface area contributed by atoms with Gasteiger partial charge >= 0.3 is 0 Å². The predicted molar refractivity (Wildman–Crippen MR) is 79.6 cm³/mol. The van der Waals surface area contributed by atoms with E-state index < -0.39 is 0 Å². The highest BCUT2D eigenvalue weighted by Crippen LogP contribution is 2.46. The van der Waals surface area contributed by atoms with Crippen molar-refractivity contribution in [3.05, 3.63) is 23.2 Å². The molecule has 2 aliphatic rings. The van der Waals surface area contributed by atoms with Crippen molar-refractivity contribution in [3.8, 4) is 0 Å². The number of fused-ring (bicyclic) bond motifs is 1. The lowest BCUT2D eigenvalue weighted by Gasteiger charge is -2.51. The van der Waals surface area contributed by atoms with Crippen molar-refractivity contribution in [1.82, 2.24) is 5.32 Å². The number of furan rings is 1. The molecular formula is C17H27NO2. The summed E-state index contributed by atoms with van der Waals surface area (Å²) in [5, 5.41) is 13.7. The van der Waals surface area contributed by atoms with Gasteiger partial charge in [-0.2, -0.15) is 0 Å². The van der Waals surface area contributed by atoms with Gasteiger partial charge in [0.25, 0.3) is 0 Å². The summed E-state index contributed by atoms with van der Waals surface area (Å²) in [4.78, 5) is 0. The van der Waals surface area contributed by atoms with Crippen molar-refractivity contribution in [2.75, 3.05) is 0 Å². The van der Waals surface area contributed by atoms with Crippen LogP contribution in [0.1, 0.15) is 63.7 Å². The van der Waals surface area contributed by atoms with Gasteiger partial charge in [0.1, 0.15) is 11.5 Å². The largest absolute Gasteiger partial charge is 0.466 e. The fourth-order valence-electron chi connectivity index (χ4n) is 3.76. The second kappa shape index (κ2) is 4.35. The van der Waals surface area contributed by atoms with Crippen LogP contribution in [0.4, 0.5) is 0 Å². The maximum absolute atomic E-state index is 9.92. The highest BCUT2D eigenvalue weighted by Gasteiger charge is 2.49. The Labute approximate surface area is 121 Å². The van der Waals surface area contributed by atoms with Crippen LogP contribution < -0.4 is 5.32 Å². The molecular weight excluding hydrogens is 250 g/mol. The second-order valence-corrected chi connectivity index (χ2v) is 8.13. The van der Waals surface area contributed by atoms with Crippen LogP contribution in [-0.2, 0) is 6.42 Å². The molecule has 1 heterocycles. The summed E-state index contributed by atoms with van der Waals surface area (Å²) < 4.78 is 5.89. The summed E-state index contributed by atoms with van der Waals surface area (Å²) >= 11 is 0. The van der Waals surface area contributed by atoms with Gasteiger partial charge < -0.3 is 14.8 Å².